The molecule has 1 aromatic heterocycles. The van der Waals surface area contributed by atoms with Crippen molar-refractivity contribution < 1.29 is 8.96 Å². The molecular weight excluding hydrogens is 448 g/mol. The summed E-state index contributed by atoms with van der Waals surface area (Å²) in [5, 5.41) is 7.07. The minimum atomic E-state index is -2.84. The van der Waals surface area contributed by atoms with Crippen LogP contribution in [0.1, 0.15) is 27.9 Å². The Morgan fingerprint density at radius 2 is 1.88 bits per heavy atom. The molecule has 1 aliphatic rings. The number of nitrogens with one attached hydrogen (secondary N) is 1. The van der Waals surface area contributed by atoms with Gasteiger partial charge in [0.25, 0.3) is 5.56 Å². The molecule has 0 unspecified atom stereocenters. The third-order valence-electron chi connectivity index (χ3n) is 6.40. The Balaban J connectivity index is 1.53. The third-order valence-corrected chi connectivity index (χ3v) is 9.46. The first-order valence-electron chi connectivity index (χ1n) is 11.4. The molecule has 3 aromatic rings. The SMILES string of the molecule is C=C/C=C\c1c(C)c(Cc2ccc(F)c(P3(=O)CCN(Cc4ccccc4)CC3)c2)n[nH]c1=O. The second-order valence-corrected chi connectivity index (χ2v) is 11.8. The molecule has 7 heteroatoms. The van der Waals surface area contributed by atoms with Crippen LogP contribution in [0.25, 0.3) is 6.08 Å². The van der Waals surface area contributed by atoms with Crippen molar-refractivity contribution in [1.29, 1.82) is 0 Å². The summed E-state index contributed by atoms with van der Waals surface area (Å²) < 4.78 is 28.6. The van der Waals surface area contributed by atoms with Gasteiger partial charge >= 0.3 is 0 Å². The summed E-state index contributed by atoms with van der Waals surface area (Å²) in [4.78, 5) is 14.4. The second kappa shape index (κ2) is 10.5. The molecule has 0 aliphatic carbocycles. The van der Waals surface area contributed by atoms with E-state index in [1.807, 2.05) is 25.1 Å². The number of aromatic nitrogens is 2. The maximum Gasteiger partial charge on any atom is 0.271 e. The van der Waals surface area contributed by atoms with Gasteiger partial charge in [-0.3, -0.25) is 9.69 Å². The topological polar surface area (TPSA) is 66.1 Å². The zero-order valence-electron chi connectivity index (χ0n) is 19.3. The first-order valence-corrected chi connectivity index (χ1v) is 13.5. The van der Waals surface area contributed by atoms with E-state index >= 15 is 0 Å². The molecule has 0 spiro atoms. The molecule has 2 aromatic carbocycles. The highest BCUT2D eigenvalue weighted by molar-refractivity contribution is 7.71. The molecule has 0 amide bonds. The van der Waals surface area contributed by atoms with Gasteiger partial charge < -0.3 is 4.57 Å². The average molecular weight is 478 g/mol. The molecule has 34 heavy (non-hydrogen) atoms. The first-order chi connectivity index (χ1) is 16.4. The quantitative estimate of drug-likeness (QED) is 0.402. The maximum absolute atomic E-state index is 14.9. The lowest BCUT2D eigenvalue weighted by Crippen LogP contribution is -2.37. The molecule has 0 atom stereocenters. The van der Waals surface area contributed by atoms with Gasteiger partial charge in [-0.25, -0.2) is 9.49 Å². The molecule has 1 aliphatic heterocycles. The number of rotatable bonds is 7. The van der Waals surface area contributed by atoms with Crippen molar-refractivity contribution in [1.82, 2.24) is 15.1 Å². The zero-order chi connectivity index (χ0) is 24.1. The highest BCUT2D eigenvalue weighted by Crippen LogP contribution is 2.47. The fourth-order valence-corrected chi connectivity index (χ4v) is 7.15. The van der Waals surface area contributed by atoms with E-state index in [0.29, 0.717) is 48.4 Å². The van der Waals surface area contributed by atoms with E-state index in [2.05, 4.69) is 33.8 Å². The number of halogens is 1. The Hall–Kier alpha value is -3.08. The van der Waals surface area contributed by atoms with Crippen LogP contribution in [0.2, 0.25) is 0 Å². The molecule has 1 saturated heterocycles. The van der Waals surface area contributed by atoms with Crippen molar-refractivity contribution in [2.24, 2.45) is 0 Å². The number of benzene rings is 2. The zero-order valence-corrected chi connectivity index (χ0v) is 20.2. The molecule has 4 rings (SSSR count). The summed E-state index contributed by atoms with van der Waals surface area (Å²) in [6.07, 6.45) is 6.34. The lowest BCUT2D eigenvalue weighted by Gasteiger charge is -2.32. The van der Waals surface area contributed by atoms with Crippen LogP contribution in [0.3, 0.4) is 0 Å². The average Bonchev–Trinajstić information content (AvgIpc) is 2.84. The molecule has 1 fully saturated rings. The summed E-state index contributed by atoms with van der Waals surface area (Å²) in [5.74, 6) is -0.413. The Morgan fingerprint density at radius 1 is 1.15 bits per heavy atom. The predicted octanol–water partition coefficient (Wildman–Crippen LogP) is 4.51. The van der Waals surface area contributed by atoms with Crippen LogP contribution in [0.5, 0.6) is 0 Å². The normalized spacial score (nSPS) is 16.1. The highest BCUT2D eigenvalue weighted by Gasteiger charge is 2.33. The van der Waals surface area contributed by atoms with Gasteiger partial charge in [0.2, 0.25) is 0 Å². The van der Waals surface area contributed by atoms with Gasteiger partial charge in [-0.1, -0.05) is 55.1 Å². The standard InChI is InChI=1S/C27H29FN3O2P/c1-3-4-10-23-20(2)25(29-30-27(23)32)17-22-11-12-24(28)26(18-22)34(33)15-13-31(14-16-34)19-21-8-6-5-7-9-21/h3-12,18H,1,13-17,19H2,2H3,(H,30,32)/b10-4-. The number of H-pyrrole nitrogens is 1. The monoisotopic (exact) mass is 477 g/mol. The molecule has 0 radical (unpaired) electrons. The van der Waals surface area contributed by atoms with Crippen molar-refractivity contribution in [3.8, 4) is 0 Å². The minimum absolute atomic E-state index is 0.272. The van der Waals surface area contributed by atoms with Gasteiger partial charge in [0.15, 0.2) is 0 Å². The van der Waals surface area contributed by atoms with Gasteiger partial charge in [0.05, 0.1) is 5.69 Å². The van der Waals surface area contributed by atoms with Gasteiger partial charge in [-0.15, -0.1) is 0 Å². The molecule has 176 valence electrons. The van der Waals surface area contributed by atoms with Gasteiger partial charge in [-0.2, -0.15) is 5.10 Å². The summed E-state index contributed by atoms with van der Waals surface area (Å²) in [6.45, 7) is 7.64. The van der Waals surface area contributed by atoms with Crippen molar-refractivity contribution in [2.45, 2.75) is 19.9 Å². The molecule has 0 bridgehead atoms. The fourth-order valence-electron chi connectivity index (χ4n) is 4.37. The molecule has 5 nitrogen and oxygen atoms in total. The third kappa shape index (κ3) is 5.35. The van der Waals surface area contributed by atoms with Gasteiger partial charge in [0, 0.05) is 49.2 Å². The smallest absolute Gasteiger partial charge is 0.271 e. The van der Waals surface area contributed by atoms with Crippen LogP contribution in [0.15, 0.2) is 72.1 Å². The number of nitrogens with zero attached hydrogens (tertiary/aromatic N) is 2. The largest absolute Gasteiger partial charge is 0.318 e. The molecule has 1 N–H and O–H groups in total. The van der Waals surface area contributed by atoms with Crippen LogP contribution >= 0.6 is 7.14 Å². The summed E-state index contributed by atoms with van der Waals surface area (Å²) in [7, 11) is -2.84. The van der Waals surface area contributed by atoms with E-state index in [1.165, 1.54) is 11.6 Å². The molecule has 0 saturated carbocycles. The van der Waals surface area contributed by atoms with Crippen LogP contribution in [0.4, 0.5) is 4.39 Å². The number of hydrogen-bond donors (Lipinski definition) is 1. The van der Waals surface area contributed by atoms with E-state index in [4.69, 9.17) is 0 Å². The van der Waals surface area contributed by atoms with Crippen molar-refractivity contribution >= 4 is 18.5 Å². The van der Waals surface area contributed by atoms with Crippen LogP contribution in [-0.4, -0.2) is 40.5 Å². The second-order valence-electron chi connectivity index (χ2n) is 8.69. The number of hydrogen-bond acceptors (Lipinski definition) is 4. The molecular formula is C27H29FN3O2P. The van der Waals surface area contributed by atoms with E-state index in [1.54, 1.807) is 30.4 Å². The number of aromatic amines is 1. The minimum Gasteiger partial charge on any atom is -0.318 e. The van der Waals surface area contributed by atoms with Crippen LogP contribution < -0.4 is 10.9 Å². The van der Waals surface area contributed by atoms with Crippen molar-refractivity contribution in [3.63, 3.8) is 0 Å². The van der Waals surface area contributed by atoms with Gasteiger partial charge in [-0.05, 0) is 41.8 Å². The summed E-state index contributed by atoms with van der Waals surface area (Å²) >= 11 is 0. The van der Waals surface area contributed by atoms with E-state index < -0.39 is 13.0 Å². The first kappa shape index (κ1) is 24.1. The molecule has 2 heterocycles. The van der Waals surface area contributed by atoms with Crippen LogP contribution in [0, 0.1) is 12.7 Å². The number of allylic oxidation sites excluding steroid dienone is 2. The Bertz CT molecular complexity index is 1310. The maximum atomic E-state index is 14.9. The predicted molar refractivity (Wildman–Crippen MR) is 137 cm³/mol. The lowest BCUT2D eigenvalue weighted by atomic mass is 10.0. The Morgan fingerprint density at radius 3 is 2.59 bits per heavy atom. The van der Waals surface area contributed by atoms with Crippen molar-refractivity contribution in [3.05, 3.63) is 111 Å². The Labute approximate surface area is 199 Å². The van der Waals surface area contributed by atoms with Gasteiger partial charge in [0.1, 0.15) is 13.0 Å². The lowest BCUT2D eigenvalue weighted by molar-refractivity contribution is 0.288. The van der Waals surface area contributed by atoms with E-state index in [0.717, 1.165) is 17.7 Å². The highest BCUT2D eigenvalue weighted by atomic mass is 31.2. The van der Waals surface area contributed by atoms with Crippen LogP contribution in [-0.2, 0) is 17.5 Å². The van der Waals surface area contributed by atoms with E-state index in [-0.39, 0.29) is 5.56 Å². The summed E-state index contributed by atoms with van der Waals surface area (Å²) in [6, 6.07) is 15.0. The van der Waals surface area contributed by atoms with E-state index in [9.17, 15) is 13.8 Å². The summed E-state index contributed by atoms with van der Waals surface area (Å²) in [5.41, 5.74) is 3.74. The Kier molecular flexibility index (Phi) is 7.40. The fraction of sp³-hybridized carbons (Fsp3) is 0.259. The van der Waals surface area contributed by atoms with Crippen molar-refractivity contribution in [2.75, 3.05) is 25.4 Å².